The summed E-state index contributed by atoms with van der Waals surface area (Å²) in [5, 5.41) is 0.657. The number of fused-ring (bicyclic) bond motifs is 3. The summed E-state index contributed by atoms with van der Waals surface area (Å²) in [6.45, 7) is 22.7. The van der Waals surface area contributed by atoms with Crippen molar-refractivity contribution in [3.8, 4) is 6.01 Å². The Morgan fingerprint density at radius 1 is 1.03 bits per heavy atom. The van der Waals surface area contributed by atoms with Crippen LogP contribution in [-0.4, -0.2) is 62.3 Å². The minimum absolute atomic E-state index is 0.0287. The monoisotopic (exact) mass is 501 g/mol. The maximum Gasteiger partial charge on any atom is 0.374 e. The molecule has 1 saturated heterocycles. The van der Waals surface area contributed by atoms with E-state index in [9.17, 15) is 4.79 Å². The third-order valence-corrected chi connectivity index (χ3v) is 17.0. The zero-order chi connectivity index (χ0) is 24.3. The van der Waals surface area contributed by atoms with E-state index < -0.39 is 34.7 Å². The topological polar surface area (TPSA) is 84.7 Å². The molecule has 32 heavy (non-hydrogen) atoms. The van der Waals surface area contributed by atoms with Gasteiger partial charge in [0.2, 0.25) is 0 Å². The number of rotatable bonds is 6. The highest BCUT2D eigenvalue weighted by molar-refractivity contribution is 7.98. The molecule has 1 aromatic heterocycles. The summed E-state index contributed by atoms with van der Waals surface area (Å²) in [6, 6.07) is 0.247. The van der Waals surface area contributed by atoms with Crippen molar-refractivity contribution in [2.75, 3.05) is 12.9 Å². The largest absolute Gasteiger partial charge is 0.453 e. The van der Waals surface area contributed by atoms with Gasteiger partial charge in [-0.05, 0) is 42.5 Å². The van der Waals surface area contributed by atoms with Crippen LogP contribution in [0.25, 0.3) is 0 Å². The van der Waals surface area contributed by atoms with Crippen molar-refractivity contribution in [1.29, 1.82) is 0 Å². The number of ether oxygens (including phenoxy) is 2. The predicted molar refractivity (Wildman–Crippen MR) is 132 cm³/mol. The van der Waals surface area contributed by atoms with E-state index in [0.717, 1.165) is 0 Å². The molecule has 2 aliphatic heterocycles. The lowest BCUT2D eigenvalue weighted by atomic mass is 10.1. The fourth-order valence-electron chi connectivity index (χ4n) is 3.29. The van der Waals surface area contributed by atoms with Gasteiger partial charge in [0.25, 0.3) is 0 Å². The summed E-state index contributed by atoms with van der Waals surface area (Å²) in [5.74, 6) is 0. The van der Waals surface area contributed by atoms with Crippen LogP contribution in [0.2, 0.25) is 36.3 Å². The number of aromatic nitrogens is 3. The van der Waals surface area contributed by atoms with E-state index in [-0.39, 0.29) is 28.3 Å². The van der Waals surface area contributed by atoms with Crippen molar-refractivity contribution >= 4 is 28.4 Å². The Balaban J connectivity index is 1.94. The van der Waals surface area contributed by atoms with Gasteiger partial charge in [0, 0.05) is 0 Å². The van der Waals surface area contributed by atoms with Crippen molar-refractivity contribution in [3.05, 3.63) is 10.5 Å². The third kappa shape index (κ3) is 4.74. The molecular formula is C21H39N3O5SSi2. The molecule has 3 rings (SSSR count). The molecule has 11 heteroatoms. The highest BCUT2D eigenvalue weighted by Crippen LogP contribution is 2.46. The van der Waals surface area contributed by atoms with Gasteiger partial charge in [-0.15, -0.1) is 4.98 Å². The number of hydrogen-bond acceptors (Lipinski definition) is 8. The van der Waals surface area contributed by atoms with Crippen molar-refractivity contribution in [1.82, 2.24) is 14.5 Å². The Morgan fingerprint density at radius 3 is 2.16 bits per heavy atom. The predicted octanol–water partition coefficient (Wildman–Crippen LogP) is 4.43. The molecule has 0 aliphatic carbocycles. The Labute approximate surface area is 198 Å². The van der Waals surface area contributed by atoms with Gasteiger partial charge in [-0.25, -0.2) is 9.36 Å². The molecule has 0 saturated carbocycles. The van der Waals surface area contributed by atoms with Gasteiger partial charge in [0.1, 0.15) is 12.2 Å². The second-order valence-electron chi connectivity index (χ2n) is 11.7. The van der Waals surface area contributed by atoms with Crippen LogP contribution >= 0.6 is 11.8 Å². The van der Waals surface area contributed by atoms with Crippen molar-refractivity contribution in [2.24, 2.45) is 0 Å². The van der Waals surface area contributed by atoms with Gasteiger partial charge in [0.05, 0.1) is 6.61 Å². The van der Waals surface area contributed by atoms with Crippen LogP contribution in [0.15, 0.2) is 9.95 Å². The molecule has 182 valence electrons. The Morgan fingerprint density at radius 2 is 1.62 bits per heavy atom. The minimum Gasteiger partial charge on any atom is -0.453 e. The first-order chi connectivity index (χ1) is 14.5. The Hall–Kier alpha value is -0.726. The lowest BCUT2D eigenvalue weighted by Crippen LogP contribution is -2.51. The average Bonchev–Trinajstić information content (AvgIpc) is 3.13. The summed E-state index contributed by atoms with van der Waals surface area (Å²) in [7, 11) is -4.11. The molecule has 0 bridgehead atoms. The molecule has 0 radical (unpaired) electrons. The smallest absolute Gasteiger partial charge is 0.374 e. The first-order valence-corrected chi connectivity index (χ1v) is 18.2. The van der Waals surface area contributed by atoms with E-state index in [1.807, 2.05) is 6.26 Å². The quantitative estimate of drug-likeness (QED) is 0.418. The summed E-state index contributed by atoms with van der Waals surface area (Å²) in [5.41, 5.74) is -0.555. The van der Waals surface area contributed by atoms with Gasteiger partial charge >= 0.3 is 11.7 Å². The van der Waals surface area contributed by atoms with Crippen LogP contribution in [0, 0.1) is 0 Å². The van der Waals surface area contributed by atoms with Crippen molar-refractivity contribution < 1.29 is 18.3 Å². The molecule has 0 unspecified atom stereocenters. The molecule has 2 aliphatic rings. The van der Waals surface area contributed by atoms with E-state index in [4.69, 9.17) is 18.3 Å². The number of nitrogens with zero attached hydrogens (tertiary/aromatic N) is 3. The summed E-state index contributed by atoms with van der Waals surface area (Å²) < 4.78 is 27.9. The molecule has 1 fully saturated rings. The lowest BCUT2D eigenvalue weighted by Gasteiger charge is -2.41. The van der Waals surface area contributed by atoms with Crippen LogP contribution in [0.5, 0.6) is 6.01 Å². The Bertz CT molecular complexity index is 910. The molecule has 3 heterocycles. The van der Waals surface area contributed by atoms with Gasteiger partial charge in [0.15, 0.2) is 34.1 Å². The van der Waals surface area contributed by atoms with E-state index in [1.54, 1.807) is 4.57 Å². The number of hydrogen-bond donors (Lipinski definition) is 0. The molecule has 0 spiro atoms. The highest BCUT2D eigenvalue weighted by atomic mass is 32.2. The van der Waals surface area contributed by atoms with Crippen LogP contribution < -0.4 is 10.4 Å². The van der Waals surface area contributed by atoms with Gasteiger partial charge in [-0.1, -0.05) is 53.3 Å². The fourth-order valence-corrected chi connectivity index (χ4v) is 6.17. The van der Waals surface area contributed by atoms with Gasteiger partial charge in [-0.2, -0.15) is 4.98 Å². The summed E-state index contributed by atoms with van der Waals surface area (Å²) >= 11 is 1.37. The summed E-state index contributed by atoms with van der Waals surface area (Å²) in [6.07, 6.45) is 0.418. The second kappa shape index (κ2) is 8.49. The minimum atomic E-state index is -2.14. The van der Waals surface area contributed by atoms with Crippen LogP contribution in [-0.2, 0) is 13.6 Å². The Kier molecular flexibility index (Phi) is 6.87. The zero-order valence-electron chi connectivity index (χ0n) is 21.3. The first kappa shape index (κ1) is 25.9. The third-order valence-electron chi connectivity index (χ3n) is 7.41. The van der Waals surface area contributed by atoms with Gasteiger partial charge in [-0.3, -0.25) is 0 Å². The van der Waals surface area contributed by atoms with Gasteiger partial charge < -0.3 is 18.3 Å². The lowest BCUT2D eigenvalue weighted by molar-refractivity contribution is -0.0417. The molecule has 1 aromatic rings. The molecule has 4 atom stereocenters. The second-order valence-corrected chi connectivity index (χ2v) is 22.0. The van der Waals surface area contributed by atoms with E-state index >= 15 is 0 Å². The molecule has 8 nitrogen and oxygen atoms in total. The van der Waals surface area contributed by atoms with Crippen molar-refractivity contribution in [3.63, 3.8) is 0 Å². The van der Waals surface area contributed by atoms with E-state index in [0.29, 0.717) is 11.8 Å². The SMILES string of the molecule is CSc1nc(=O)nc2n1[C@@H]1O[C@H](CO[Si](C)(C)C(C)(C)C)[C@@H](O[Si](C)(C)C(C)(C)C)[C@@H]1O2. The van der Waals surface area contributed by atoms with Crippen LogP contribution in [0.1, 0.15) is 47.8 Å². The van der Waals surface area contributed by atoms with Crippen molar-refractivity contribution in [2.45, 2.75) is 108 Å². The van der Waals surface area contributed by atoms with E-state index in [1.165, 1.54) is 11.8 Å². The zero-order valence-corrected chi connectivity index (χ0v) is 24.1. The molecule has 0 amide bonds. The van der Waals surface area contributed by atoms with Crippen LogP contribution in [0.4, 0.5) is 0 Å². The van der Waals surface area contributed by atoms with Crippen LogP contribution in [0.3, 0.4) is 0 Å². The molecular weight excluding hydrogens is 462 g/mol. The maximum atomic E-state index is 11.9. The number of thioether (sulfide) groups is 1. The highest BCUT2D eigenvalue weighted by Gasteiger charge is 2.56. The summed E-state index contributed by atoms with van der Waals surface area (Å²) in [4.78, 5) is 20.0. The average molecular weight is 502 g/mol. The molecule has 0 aromatic carbocycles. The van der Waals surface area contributed by atoms with E-state index in [2.05, 4.69) is 77.7 Å². The first-order valence-electron chi connectivity index (χ1n) is 11.2. The maximum absolute atomic E-state index is 11.9. The molecule has 0 N–H and O–H groups in total. The fraction of sp³-hybridized carbons (Fsp3) is 0.857. The normalized spacial score (nSPS) is 26.1. The standard InChI is InChI=1S/C21H39N3O5SSi2/c1-20(2,3)31(8,9)26-12-13-14(29-32(10,11)21(4,5)6)15-16(27-13)24-18(28-15)22-17(25)23-19(24)30-7/h13-16H,12H2,1-11H3/t13-,14-,15+,16-/m1/s1.